The molecule has 1 aromatic carbocycles. The highest BCUT2D eigenvalue weighted by Crippen LogP contribution is 2.38. The lowest BCUT2D eigenvalue weighted by Gasteiger charge is -2.23. The Kier molecular flexibility index (Phi) is 6.41. The third kappa shape index (κ3) is 4.70. The molecule has 1 fully saturated rings. The van der Waals surface area contributed by atoms with Crippen molar-refractivity contribution in [2.24, 2.45) is 5.92 Å². The number of nitrogens with zero attached hydrogens (tertiary/aromatic N) is 2. The van der Waals surface area contributed by atoms with Crippen molar-refractivity contribution in [1.82, 2.24) is 10.1 Å². The first-order chi connectivity index (χ1) is 14.0. The van der Waals surface area contributed by atoms with E-state index < -0.39 is 5.91 Å². The van der Waals surface area contributed by atoms with Crippen LogP contribution in [0.25, 0.3) is 0 Å². The predicted octanol–water partition coefficient (Wildman–Crippen LogP) is 3.51. The van der Waals surface area contributed by atoms with Crippen LogP contribution in [0, 0.1) is 12.8 Å². The maximum Gasteiger partial charge on any atom is 0.260 e. The smallest absolute Gasteiger partial charge is 0.260 e. The van der Waals surface area contributed by atoms with Gasteiger partial charge in [0.2, 0.25) is 0 Å². The molecule has 1 aliphatic carbocycles. The highest BCUT2D eigenvalue weighted by atomic mass is 16.5. The highest BCUT2D eigenvalue weighted by molar-refractivity contribution is 6.06. The number of anilines is 1. The molecular weight excluding hydrogens is 374 g/mol. The summed E-state index contributed by atoms with van der Waals surface area (Å²) in [6.45, 7) is 5.14. The van der Waals surface area contributed by atoms with Crippen LogP contribution in [0.2, 0.25) is 0 Å². The van der Waals surface area contributed by atoms with Gasteiger partial charge in [-0.05, 0) is 44.2 Å². The zero-order valence-electron chi connectivity index (χ0n) is 17.3. The minimum absolute atomic E-state index is 0.0867. The third-order valence-corrected chi connectivity index (χ3v) is 4.93. The number of ether oxygens (including phenoxy) is 2. The second-order valence-electron chi connectivity index (χ2n) is 7.20. The van der Waals surface area contributed by atoms with E-state index in [9.17, 15) is 9.59 Å². The monoisotopic (exact) mass is 401 g/mol. The molecule has 2 aromatic rings. The van der Waals surface area contributed by atoms with E-state index in [0.717, 1.165) is 13.0 Å². The van der Waals surface area contributed by atoms with Gasteiger partial charge in [0, 0.05) is 18.7 Å². The Morgan fingerprint density at radius 1 is 1.28 bits per heavy atom. The molecular formula is C21H27N3O5. The Bertz CT molecular complexity index is 888. The lowest BCUT2D eigenvalue weighted by molar-refractivity contribution is 0.0747. The number of methoxy groups -OCH3 is 2. The summed E-state index contributed by atoms with van der Waals surface area (Å²) >= 11 is 0. The second kappa shape index (κ2) is 8.98. The van der Waals surface area contributed by atoms with Crippen LogP contribution >= 0.6 is 0 Å². The van der Waals surface area contributed by atoms with Crippen molar-refractivity contribution in [3.05, 3.63) is 35.2 Å². The molecule has 1 heterocycles. The van der Waals surface area contributed by atoms with Gasteiger partial charge in [-0.25, -0.2) is 0 Å². The van der Waals surface area contributed by atoms with Crippen LogP contribution in [-0.2, 0) is 0 Å². The minimum atomic E-state index is -0.405. The molecule has 1 saturated carbocycles. The van der Waals surface area contributed by atoms with Crippen LogP contribution in [0.4, 0.5) is 5.69 Å². The number of carbonyl (C=O) groups is 2. The molecule has 0 saturated heterocycles. The first-order valence-electron chi connectivity index (χ1n) is 9.76. The SMILES string of the molecule is CCCN(CC1CC1)C(=O)c1cc(NC(=O)c2cnoc2C)c(OC)c(OC)c1. The number of hydrogen-bond donors (Lipinski definition) is 1. The predicted molar refractivity (Wildman–Crippen MR) is 108 cm³/mol. The molecule has 2 amide bonds. The highest BCUT2D eigenvalue weighted by Gasteiger charge is 2.28. The van der Waals surface area contributed by atoms with Gasteiger partial charge < -0.3 is 24.2 Å². The normalized spacial score (nSPS) is 13.1. The van der Waals surface area contributed by atoms with E-state index >= 15 is 0 Å². The van der Waals surface area contributed by atoms with Crippen LogP contribution in [0.1, 0.15) is 52.7 Å². The number of amides is 2. The Morgan fingerprint density at radius 2 is 2.03 bits per heavy atom. The summed E-state index contributed by atoms with van der Waals surface area (Å²) in [4.78, 5) is 27.7. The molecule has 8 nitrogen and oxygen atoms in total. The molecule has 0 radical (unpaired) electrons. The molecule has 1 N–H and O–H groups in total. The van der Waals surface area contributed by atoms with Gasteiger partial charge >= 0.3 is 0 Å². The molecule has 0 aliphatic heterocycles. The summed E-state index contributed by atoms with van der Waals surface area (Å²) in [5.74, 6) is 1.21. The number of hydrogen-bond acceptors (Lipinski definition) is 6. The van der Waals surface area contributed by atoms with Crippen molar-refractivity contribution in [3.8, 4) is 11.5 Å². The minimum Gasteiger partial charge on any atom is -0.493 e. The lowest BCUT2D eigenvalue weighted by atomic mass is 10.1. The van der Waals surface area contributed by atoms with Crippen molar-refractivity contribution in [2.45, 2.75) is 33.1 Å². The molecule has 1 aliphatic rings. The van der Waals surface area contributed by atoms with E-state index in [0.29, 0.717) is 46.5 Å². The molecule has 3 rings (SSSR count). The summed E-state index contributed by atoms with van der Waals surface area (Å²) in [5, 5.41) is 6.42. The maximum absolute atomic E-state index is 13.2. The second-order valence-corrected chi connectivity index (χ2v) is 7.20. The summed E-state index contributed by atoms with van der Waals surface area (Å²) in [6.07, 6.45) is 4.56. The summed E-state index contributed by atoms with van der Waals surface area (Å²) in [6, 6.07) is 3.27. The van der Waals surface area contributed by atoms with Crippen LogP contribution in [0.3, 0.4) is 0 Å². The fraction of sp³-hybridized carbons (Fsp3) is 0.476. The Balaban J connectivity index is 1.93. The number of aryl methyl sites for hydroxylation is 1. The fourth-order valence-electron chi connectivity index (χ4n) is 3.23. The number of benzene rings is 1. The quantitative estimate of drug-likeness (QED) is 0.691. The molecule has 8 heteroatoms. The maximum atomic E-state index is 13.2. The number of aromatic nitrogens is 1. The number of nitrogens with one attached hydrogen (secondary N) is 1. The topological polar surface area (TPSA) is 93.9 Å². The fourth-order valence-corrected chi connectivity index (χ4v) is 3.23. The van der Waals surface area contributed by atoms with Crippen LogP contribution < -0.4 is 14.8 Å². The lowest BCUT2D eigenvalue weighted by Crippen LogP contribution is -2.33. The standard InChI is InChI=1S/C21H27N3O5/c1-5-8-24(12-14-6-7-14)21(26)15-9-17(19(28-4)18(10-15)27-3)23-20(25)16-11-22-29-13(16)2/h9-11,14H,5-8,12H2,1-4H3,(H,23,25). The van der Waals surface area contributed by atoms with Gasteiger partial charge in [-0.2, -0.15) is 0 Å². The van der Waals surface area contributed by atoms with Crippen molar-refractivity contribution in [1.29, 1.82) is 0 Å². The molecule has 0 unspecified atom stereocenters. The molecule has 1 aromatic heterocycles. The van der Waals surface area contributed by atoms with Crippen molar-refractivity contribution in [3.63, 3.8) is 0 Å². The summed E-state index contributed by atoms with van der Waals surface area (Å²) in [5.41, 5.74) is 1.10. The molecule has 0 bridgehead atoms. The van der Waals surface area contributed by atoms with E-state index in [1.165, 1.54) is 33.3 Å². The molecule has 0 atom stereocenters. The largest absolute Gasteiger partial charge is 0.493 e. The molecule has 0 spiro atoms. The van der Waals surface area contributed by atoms with Gasteiger partial charge in [0.15, 0.2) is 11.5 Å². The molecule has 156 valence electrons. The molecule has 29 heavy (non-hydrogen) atoms. The van der Waals surface area contributed by atoms with Gasteiger partial charge in [-0.3, -0.25) is 9.59 Å². The zero-order chi connectivity index (χ0) is 21.0. The first-order valence-corrected chi connectivity index (χ1v) is 9.76. The van der Waals surface area contributed by atoms with E-state index in [2.05, 4.69) is 17.4 Å². The van der Waals surface area contributed by atoms with Gasteiger partial charge in [-0.1, -0.05) is 12.1 Å². The Morgan fingerprint density at radius 3 is 2.59 bits per heavy atom. The van der Waals surface area contributed by atoms with Gasteiger partial charge in [-0.15, -0.1) is 0 Å². The van der Waals surface area contributed by atoms with E-state index in [1.54, 1.807) is 19.1 Å². The van der Waals surface area contributed by atoms with Gasteiger partial charge in [0.25, 0.3) is 11.8 Å². The first kappa shape index (κ1) is 20.7. The average molecular weight is 401 g/mol. The number of carbonyl (C=O) groups excluding carboxylic acids is 2. The van der Waals surface area contributed by atoms with Crippen molar-refractivity contribution < 1.29 is 23.6 Å². The van der Waals surface area contributed by atoms with Crippen molar-refractivity contribution >= 4 is 17.5 Å². The van der Waals surface area contributed by atoms with E-state index in [1.807, 2.05) is 4.90 Å². The average Bonchev–Trinajstić information content (AvgIpc) is 3.43. The van der Waals surface area contributed by atoms with Crippen molar-refractivity contribution in [2.75, 3.05) is 32.6 Å². The van der Waals surface area contributed by atoms with E-state index in [4.69, 9.17) is 14.0 Å². The van der Waals surface area contributed by atoms with Crippen LogP contribution in [0.5, 0.6) is 11.5 Å². The van der Waals surface area contributed by atoms with Gasteiger partial charge in [0.1, 0.15) is 11.3 Å². The summed E-state index contributed by atoms with van der Waals surface area (Å²) < 4.78 is 15.8. The van der Waals surface area contributed by atoms with E-state index in [-0.39, 0.29) is 5.91 Å². The third-order valence-electron chi connectivity index (χ3n) is 4.93. The number of rotatable bonds is 9. The Labute approximate surface area is 170 Å². The summed E-state index contributed by atoms with van der Waals surface area (Å²) in [7, 11) is 2.98. The Hall–Kier alpha value is -3.03. The zero-order valence-corrected chi connectivity index (χ0v) is 17.3. The van der Waals surface area contributed by atoms with Crippen LogP contribution in [0.15, 0.2) is 22.9 Å². The van der Waals surface area contributed by atoms with Gasteiger partial charge in [0.05, 0.1) is 26.1 Å². The van der Waals surface area contributed by atoms with Crippen LogP contribution in [-0.4, -0.2) is 49.2 Å².